The van der Waals surface area contributed by atoms with E-state index in [2.05, 4.69) is 39.9 Å². The van der Waals surface area contributed by atoms with Crippen molar-refractivity contribution in [1.82, 2.24) is 5.32 Å². The van der Waals surface area contributed by atoms with E-state index in [0.717, 1.165) is 32.5 Å². The monoisotopic (exact) mass is 231 g/mol. The van der Waals surface area contributed by atoms with Crippen LogP contribution in [0.3, 0.4) is 0 Å². The molecule has 0 aliphatic rings. The fraction of sp³-hybridized carbons (Fsp3) is 1.00. The Morgan fingerprint density at radius 3 is 2.31 bits per heavy atom. The second kappa shape index (κ2) is 7.25. The summed E-state index contributed by atoms with van der Waals surface area (Å²) in [6.07, 6.45) is 3.18. The van der Waals surface area contributed by atoms with E-state index < -0.39 is 0 Å². The van der Waals surface area contributed by atoms with E-state index in [-0.39, 0.29) is 12.3 Å². The van der Waals surface area contributed by atoms with Gasteiger partial charge in [0.1, 0.15) is 0 Å². The van der Waals surface area contributed by atoms with Crippen LogP contribution >= 0.6 is 0 Å². The molecule has 0 aromatic heterocycles. The Bertz CT molecular complexity index is 179. The van der Waals surface area contributed by atoms with E-state index >= 15 is 0 Å². The van der Waals surface area contributed by atoms with E-state index in [9.17, 15) is 0 Å². The Morgan fingerprint density at radius 1 is 1.19 bits per heavy atom. The van der Waals surface area contributed by atoms with Crippen LogP contribution in [-0.4, -0.2) is 30.6 Å². The third kappa shape index (κ3) is 8.08. The number of hydrogen-bond acceptors (Lipinski definition) is 3. The Hall–Kier alpha value is -0.120. The van der Waals surface area contributed by atoms with Gasteiger partial charge in [0.2, 0.25) is 0 Å². The van der Waals surface area contributed by atoms with Crippen LogP contribution in [0.25, 0.3) is 0 Å². The van der Waals surface area contributed by atoms with Gasteiger partial charge in [-0.25, -0.2) is 0 Å². The summed E-state index contributed by atoms with van der Waals surface area (Å²) in [5.74, 6) is 0. The highest BCUT2D eigenvalue weighted by Gasteiger charge is 2.17. The molecule has 0 saturated carbocycles. The molecule has 0 amide bonds. The van der Waals surface area contributed by atoms with Gasteiger partial charge in [0.25, 0.3) is 0 Å². The number of aliphatic hydroxyl groups excluding tert-OH is 1. The quantitative estimate of drug-likeness (QED) is 0.473. The first kappa shape index (κ1) is 15.9. The Labute approximate surface area is 101 Å². The molecule has 3 nitrogen and oxygen atoms in total. The second-order valence-corrected chi connectivity index (χ2v) is 5.89. The predicted molar refractivity (Wildman–Crippen MR) is 68.4 cm³/mol. The van der Waals surface area contributed by atoms with E-state index in [1.165, 1.54) is 0 Å². The van der Waals surface area contributed by atoms with Gasteiger partial charge in [-0.05, 0) is 38.5 Å². The van der Waals surface area contributed by atoms with Crippen molar-refractivity contribution < 1.29 is 9.84 Å². The van der Waals surface area contributed by atoms with Gasteiger partial charge in [0, 0.05) is 12.1 Å². The minimum Gasteiger partial charge on any atom is -0.381 e. The molecular weight excluding hydrogens is 202 g/mol. The van der Waals surface area contributed by atoms with Gasteiger partial charge in [-0.1, -0.05) is 20.8 Å². The van der Waals surface area contributed by atoms with Gasteiger partial charge in [-0.15, -0.1) is 0 Å². The standard InChI is InChI=1S/C13H29NO2/c1-6-12(2,3)10-16-9-7-8-13(4,5)14-11-15/h14-15H,6-11H2,1-5H3. The summed E-state index contributed by atoms with van der Waals surface area (Å²) in [7, 11) is 0. The summed E-state index contributed by atoms with van der Waals surface area (Å²) in [6, 6.07) is 0. The summed E-state index contributed by atoms with van der Waals surface area (Å²) < 4.78 is 5.67. The molecule has 0 bridgehead atoms. The molecule has 0 aliphatic heterocycles. The van der Waals surface area contributed by atoms with Gasteiger partial charge in [0.15, 0.2) is 0 Å². The zero-order chi connectivity index (χ0) is 12.7. The number of ether oxygens (including phenoxy) is 1. The van der Waals surface area contributed by atoms with Crippen LogP contribution < -0.4 is 5.32 Å². The van der Waals surface area contributed by atoms with Crippen molar-refractivity contribution in [2.75, 3.05) is 19.9 Å². The number of aliphatic hydroxyl groups is 1. The highest BCUT2D eigenvalue weighted by atomic mass is 16.5. The van der Waals surface area contributed by atoms with Crippen LogP contribution in [0.5, 0.6) is 0 Å². The summed E-state index contributed by atoms with van der Waals surface area (Å²) in [5, 5.41) is 11.8. The first-order valence-electron chi connectivity index (χ1n) is 6.26. The van der Waals surface area contributed by atoms with Crippen molar-refractivity contribution in [3.05, 3.63) is 0 Å². The highest BCUT2D eigenvalue weighted by molar-refractivity contribution is 4.75. The predicted octanol–water partition coefficient (Wildman–Crippen LogP) is 2.54. The first-order valence-corrected chi connectivity index (χ1v) is 6.26. The van der Waals surface area contributed by atoms with Gasteiger partial charge in [0.05, 0.1) is 13.3 Å². The maximum atomic E-state index is 8.80. The van der Waals surface area contributed by atoms with Crippen LogP contribution in [0.2, 0.25) is 0 Å². The van der Waals surface area contributed by atoms with Crippen molar-refractivity contribution in [3.8, 4) is 0 Å². The lowest BCUT2D eigenvalue weighted by atomic mass is 9.92. The van der Waals surface area contributed by atoms with Crippen molar-refractivity contribution in [3.63, 3.8) is 0 Å². The third-order valence-electron chi connectivity index (χ3n) is 3.10. The van der Waals surface area contributed by atoms with E-state index in [1.54, 1.807) is 0 Å². The topological polar surface area (TPSA) is 41.5 Å². The molecule has 2 N–H and O–H groups in total. The number of hydrogen-bond donors (Lipinski definition) is 2. The van der Waals surface area contributed by atoms with Gasteiger partial charge in [-0.2, -0.15) is 0 Å². The molecule has 0 saturated heterocycles. The lowest BCUT2D eigenvalue weighted by Gasteiger charge is -2.26. The molecule has 0 aromatic rings. The largest absolute Gasteiger partial charge is 0.381 e. The summed E-state index contributed by atoms with van der Waals surface area (Å²) >= 11 is 0. The minimum atomic E-state index is -0.00160. The lowest BCUT2D eigenvalue weighted by Crippen LogP contribution is -2.39. The SMILES string of the molecule is CCC(C)(C)COCCCC(C)(C)NCO. The van der Waals surface area contributed by atoms with Gasteiger partial charge >= 0.3 is 0 Å². The zero-order valence-corrected chi connectivity index (χ0v) is 11.6. The molecule has 16 heavy (non-hydrogen) atoms. The Kier molecular flexibility index (Phi) is 7.20. The van der Waals surface area contributed by atoms with Gasteiger partial charge < -0.3 is 9.84 Å². The molecule has 3 heteroatoms. The van der Waals surface area contributed by atoms with Crippen LogP contribution in [-0.2, 0) is 4.74 Å². The molecule has 0 fully saturated rings. The van der Waals surface area contributed by atoms with Crippen LogP contribution in [0, 0.1) is 5.41 Å². The van der Waals surface area contributed by atoms with Crippen LogP contribution in [0.1, 0.15) is 53.9 Å². The normalized spacial score (nSPS) is 13.1. The van der Waals surface area contributed by atoms with Crippen LogP contribution in [0.4, 0.5) is 0 Å². The summed E-state index contributed by atoms with van der Waals surface area (Å²) in [5.41, 5.74) is 0.289. The molecule has 0 atom stereocenters. The number of nitrogens with one attached hydrogen (secondary N) is 1. The molecule has 0 spiro atoms. The molecular formula is C13H29NO2. The third-order valence-corrected chi connectivity index (χ3v) is 3.10. The van der Waals surface area contributed by atoms with Crippen molar-refractivity contribution in [2.45, 2.75) is 59.4 Å². The summed E-state index contributed by atoms with van der Waals surface area (Å²) in [6.45, 7) is 12.5. The van der Waals surface area contributed by atoms with E-state index in [1.807, 2.05) is 0 Å². The maximum absolute atomic E-state index is 8.80. The average Bonchev–Trinajstić information content (AvgIpc) is 2.17. The first-order chi connectivity index (χ1) is 7.33. The minimum absolute atomic E-state index is 0.00160. The van der Waals surface area contributed by atoms with Crippen molar-refractivity contribution in [1.29, 1.82) is 0 Å². The second-order valence-electron chi connectivity index (χ2n) is 5.89. The molecule has 0 unspecified atom stereocenters. The average molecular weight is 231 g/mol. The van der Waals surface area contributed by atoms with E-state index in [4.69, 9.17) is 9.84 Å². The van der Waals surface area contributed by atoms with Gasteiger partial charge in [-0.3, -0.25) is 5.32 Å². The highest BCUT2D eigenvalue weighted by Crippen LogP contribution is 2.20. The molecule has 0 radical (unpaired) electrons. The van der Waals surface area contributed by atoms with Crippen molar-refractivity contribution >= 4 is 0 Å². The Morgan fingerprint density at radius 2 is 1.81 bits per heavy atom. The smallest absolute Gasteiger partial charge is 0.0935 e. The molecule has 0 aliphatic carbocycles. The fourth-order valence-corrected chi connectivity index (χ4v) is 1.37. The molecule has 0 aromatic carbocycles. The Balaban J connectivity index is 3.54. The number of rotatable bonds is 9. The van der Waals surface area contributed by atoms with Crippen molar-refractivity contribution in [2.24, 2.45) is 5.41 Å². The summed E-state index contributed by atoms with van der Waals surface area (Å²) in [4.78, 5) is 0. The zero-order valence-electron chi connectivity index (χ0n) is 11.6. The van der Waals surface area contributed by atoms with Crippen LogP contribution in [0.15, 0.2) is 0 Å². The molecule has 0 rings (SSSR count). The fourth-order valence-electron chi connectivity index (χ4n) is 1.37. The molecule has 0 heterocycles. The lowest BCUT2D eigenvalue weighted by molar-refractivity contribution is 0.0545. The van der Waals surface area contributed by atoms with E-state index in [0.29, 0.717) is 5.41 Å². The maximum Gasteiger partial charge on any atom is 0.0935 e. The molecule has 98 valence electrons.